The molecule has 6 aliphatic rings. The molecule has 0 fully saturated rings. The summed E-state index contributed by atoms with van der Waals surface area (Å²) < 4.78 is 21.6. The molecule has 0 aromatic heterocycles. The fourth-order valence-electron chi connectivity index (χ4n) is 14.8. The van der Waals surface area contributed by atoms with Crippen molar-refractivity contribution in [3.63, 3.8) is 0 Å². The summed E-state index contributed by atoms with van der Waals surface area (Å²) in [6, 6.07) is 77.8. The fraction of sp³-hybridized carbons (Fsp3) is 0.0864. The molecule has 2 N–H and O–H groups in total. The van der Waals surface area contributed by atoms with E-state index < -0.39 is 0 Å². The first-order chi connectivity index (χ1) is 42.4. The first-order valence-corrected chi connectivity index (χ1v) is 29.9. The molecule has 410 valence electrons. The average molecular weight is 1110 g/mol. The van der Waals surface area contributed by atoms with Crippen LogP contribution in [0.2, 0.25) is 0 Å². The Hall–Kier alpha value is -10.6. The number of allylic oxidation sites excluding steroid dienone is 12. The highest BCUT2D eigenvalue weighted by atomic mass is 16.5. The Bertz CT molecular complexity index is 4870. The van der Waals surface area contributed by atoms with Crippen LogP contribution in [-0.2, 0) is 0 Å². The third kappa shape index (κ3) is 8.21. The molecular weight excluding hydrogens is 1050 g/mol. The molecule has 4 atom stereocenters. The molecule has 17 rings (SSSR count). The van der Waals surface area contributed by atoms with Crippen LogP contribution in [0.4, 0.5) is 0 Å². The number of hydrogen-bond donors (Lipinski definition) is 2. The summed E-state index contributed by atoms with van der Waals surface area (Å²) in [7, 11) is 0. The molecule has 11 aromatic rings. The van der Waals surface area contributed by atoms with Crippen LogP contribution in [0.3, 0.4) is 0 Å². The van der Waals surface area contributed by atoms with Crippen molar-refractivity contribution >= 4 is 37.9 Å². The van der Waals surface area contributed by atoms with Crippen LogP contribution >= 0.6 is 0 Å². The molecule has 0 spiro atoms. The van der Waals surface area contributed by atoms with Gasteiger partial charge in [-0.15, -0.1) is 0 Å². The van der Waals surface area contributed by atoms with E-state index in [-0.39, 0.29) is 35.2 Å². The predicted octanol–water partition coefficient (Wildman–Crippen LogP) is 20.8. The van der Waals surface area contributed by atoms with Crippen molar-refractivity contribution in [3.8, 4) is 56.8 Å². The Morgan fingerprint density at radius 3 is 1.44 bits per heavy atom. The summed E-state index contributed by atoms with van der Waals surface area (Å²) in [5.74, 6) is 4.71. The van der Waals surface area contributed by atoms with Crippen LogP contribution in [0.25, 0.3) is 60.1 Å². The van der Waals surface area contributed by atoms with Gasteiger partial charge in [-0.1, -0.05) is 212 Å². The van der Waals surface area contributed by atoms with Gasteiger partial charge in [0.1, 0.15) is 46.0 Å². The molecule has 3 unspecified atom stereocenters. The van der Waals surface area contributed by atoms with Gasteiger partial charge in [0.25, 0.3) is 0 Å². The van der Waals surface area contributed by atoms with Crippen LogP contribution in [0.15, 0.2) is 295 Å². The number of aromatic hydroxyl groups is 1. The maximum absolute atomic E-state index is 11.1. The van der Waals surface area contributed by atoms with E-state index in [0.29, 0.717) is 0 Å². The number of hydrogen-bond acceptors (Lipinski definition) is 5. The predicted molar refractivity (Wildman–Crippen MR) is 347 cm³/mol. The Balaban J connectivity index is 0.891. The highest BCUT2D eigenvalue weighted by Crippen LogP contribution is 2.60. The van der Waals surface area contributed by atoms with Gasteiger partial charge >= 0.3 is 0 Å². The largest absolute Gasteiger partial charge is 0.508 e. The fourth-order valence-corrected chi connectivity index (χ4v) is 14.8. The lowest BCUT2D eigenvalue weighted by Crippen LogP contribution is -2.22. The maximum Gasteiger partial charge on any atom is 0.132 e. The molecule has 5 heteroatoms. The summed E-state index contributed by atoms with van der Waals surface area (Å²) in [5, 5.41) is 28.3. The van der Waals surface area contributed by atoms with E-state index in [9.17, 15) is 10.2 Å². The second-order valence-electron chi connectivity index (χ2n) is 23.5. The maximum atomic E-state index is 11.1. The van der Waals surface area contributed by atoms with Crippen LogP contribution in [0, 0.1) is 5.92 Å². The minimum absolute atomic E-state index is 0.0692. The molecule has 2 bridgehead atoms. The number of aliphatic hydroxyl groups is 1. The zero-order valence-corrected chi connectivity index (χ0v) is 47.0. The van der Waals surface area contributed by atoms with Gasteiger partial charge in [0.15, 0.2) is 0 Å². The number of fused-ring (bicyclic) bond motifs is 16. The topological polar surface area (TPSA) is 68.2 Å². The monoisotopic (exact) mass is 1110 g/mol. The minimum atomic E-state index is -0.273. The molecule has 0 amide bonds. The Labute approximate surface area is 499 Å². The number of phenolic OH excluding ortho intramolecular Hbond substituents is 1. The van der Waals surface area contributed by atoms with E-state index in [4.69, 9.17) is 14.2 Å². The average Bonchev–Trinajstić information content (AvgIpc) is 1.57. The zero-order chi connectivity index (χ0) is 57.0. The van der Waals surface area contributed by atoms with E-state index >= 15 is 0 Å². The summed E-state index contributed by atoms with van der Waals surface area (Å²) in [6.07, 6.45) is 19.4. The second-order valence-corrected chi connectivity index (χ2v) is 23.5. The van der Waals surface area contributed by atoms with Gasteiger partial charge in [0.05, 0.1) is 0 Å². The van der Waals surface area contributed by atoms with Crippen molar-refractivity contribution in [1.82, 2.24) is 0 Å². The van der Waals surface area contributed by atoms with Gasteiger partial charge in [0, 0.05) is 51.5 Å². The van der Waals surface area contributed by atoms with Gasteiger partial charge in [-0.25, -0.2) is 0 Å². The van der Waals surface area contributed by atoms with Gasteiger partial charge < -0.3 is 24.4 Å². The quantitative estimate of drug-likeness (QED) is 0.174. The number of ether oxygens (including phenoxy) is 3. The standard InChI is InChI=1S/C81H56O5/c82-60-33-31-55-18-16-48(46-60)17-40-67-73(55)74(56-25-19-52(20-26-56)49-10-4-1-5-11-49)78-63-36-43-71-80(64(63)37-42-69(78)84-67)76(58-29-23-54(24-30-58)51-14-8-3-9-15-51)81-66-39-44-70-79(65(66)38-45-72(81)86-71)75(57-27-21-53(22-28-57)50-12-6-2-7-13-50)77-62-35-34-61(83)47-59(62)32-41-68(77)85-70/h1-17,19-21,23-27,29-47,55,74-76,82-83H,18,22,28H2/b33-31-,40-17-,48-16?,60-46-/t55?,74-,75?,76?/m1/s1. The van der Waals surface area contributed by atoms with Gasteiger partial charge in [-0.05, 0) is 168 Å². The Kier molecular flexibility index (Phi) is 11.6. The molecule has 3 aliphatic heterocycles. The van der Waals surface area contributed by atoms with Crippen molar-refractivity contribution in [2.24, 2.45) is 5.92 Å². The van der Waals surface area contributed by atoms with Crippen molar-refractivity contribution in [2.45, 2.75) is 37.0 Å². The van der Waals surface area contributed by atoms with Crippen LogP contribution < -0.4 is 14.2 Å². The molecule has 11 aromatic carbocycles. The van der Waals surface area contributed by atoms with Gasteiger partial charge in [-0.2, -0.15) is 0 Å². The first-order valence-electron chi connectivity index (χ1n) is 29.9. The number of aliphatic hydroxyl groups excluding tert-OH is 1. The summed E-state index contributed by atoms with van der Waals surface area (Å²) >= 11 is 0. The summed E-state index contributed by atoms with van der Waals surface area (Å²) in [4.78, 5) is 0. The highest BCUT2D eigenvalue weighted by Gasteiger charge is 2.40. The minimum Gasteiger partial charge on any atom is -0.508 e. The molecule has 0 radical (unpaired) electrons. The van der Waals surface area contributed by atoms with E-state index in [1.165, 1.54) is 22.3 Å². The molecule has 5 nitrogen and oxygen atoms in total. The summed E-state index contributed by atoms with van der Waals surface area (Å²) in [6.45, 7) is 0. The molecule has 0 saturated carbocycles. The lowest BCUT2D eigenvalue weighted by molar-refractivity contribution is 0.400. The lowest BCUT2D eigenvalue weighted by Gasteiger charge is -2.37. The molecule has 86 heavy (non-hydrogen) atoms. The normalized spacial score (nSPS) is 20.2. The van der Waals surface area contributed by atoms with E-state index in [1.807, 2.05) is 18.2 Å². The number of rotatable bonds is 6. The molecule has 3 aliphatic carbocycles. The van der Waals surface area contributed by atoms with Crippen molar-refractivity contribution < 1.29 is 24.4 Å². The van der Waals surface area contributed by atoms with E-state index in [0.717, 1.165) is 153 Å². The van der Waals surface area contributed by atoms with Crippen LogP contribution in [-0.4, -0.2) is 10.2 Å². The first kappa shape index (κ1) is 49.9. The number of benzene rings is 11. The van der Waals surface area contributed by atoms with Crippen molar-refractivity contribution in [1.29, 1.82) is 0 Å². The summed E-state index contributed by atoms with van der Waals surface area (Å²) in [5.41, 5.74) is 18.5. The Morgan fingerprint density at radius 2 is 0.872 bits per heavy atom. The molecule has 3 heterocycles. The Morgan fingerprint density at radius 1 is 0.384 bits per heavy atom. The number of phenols is 1. The smallest absolute Gasteiger partial charge is 0.132 e. The highest BCUT2D eigenvalue weighted by molar-refractivity contribution is 6.01. The SMILES string of the molecule is OC1=C\C2=CCC(/C=C\1)C1=C(/C=C\2)Oc2ccc3c4c(ccc3c2[C@@H]1c1ccc(-c2ccccc2)cc1)Oc1ccc2c3c(ccc2c1C4c1ccc(-c2ccccc2)cc1)Oc1ccc2cc(O)ccc2c1C3C1=CC=C(c2ccccc2)CC1. The van der Waals surface area contributed by atoms with Gasteiger partial charge in [0.2, 0.25) is 0 Å². The molecule has 0 saturated heterocycles. The van der Waals surface area contributed by atoms with E-state index in [1.54, 1.807) is 6.07 Å². The van der Waals surface area contributed by atoms with E-state index in [2.05, 4.69) is 243 Å². The van der Waals surface area contributed by atoms with Crippen molar-refractivity contribution in [3.05, 3.63) is 340 Å². The van der Waals surface area contributed by atoms with Crippen LogP contribution in [0.5, 0.6) is 34.5 Å². The van der Waals surface area contributed by atoms with Crippen molar-refractivity contribution in [2.75, 3.05) is 0 Å². The molecular formula is C81H56O5. The zero-order valence-electron chi connectivity index (χ0n) is 47.0. The third-order valence-corrected chi connectivity index (χ3v) is 18.8. The lowest BCUT2D eigenvalue weighted by atomic mass is 9.71. The third-order valence-electron chi connectivity index (χ3n) is 18.8. The van der Waals surface area contributed by atoms with Gasteiger partial charge in [-0.3, -0.25) is 0 Å². The van der Waals surface area contributed by atoms with Crippen LogP contribution in [0.1, 0.15) is 81.5 Å². The second kappa shape index (κ2) is 20.0.